The van der Waals surface area contributed by atoms with Crippen LogP contribution < -0.4 is 16.0 Å². The summed E-state index contributed by atoms with van der Waals surface area (Å²) in [7, 11) is 0. The summed E-state index contributed by atoms with van der Waals surface area (Å²) < 4.78 is 0. The molecule has 1 aliphatic rings. The van der Waals surface area contributed by atoms with E-state index < -0.39 is 6.04 Å². The molecule has 0 saturated heterocycles. The van der Waals surface area contributed by atoms with E-state index in [0.717, 1.165) is 42.1 Å². The van der Waals surface area contributed by atoms with Gasteiger partial charge in [-0.2, -0.15) is 0 Å². The minimum atomic E-state index is -0.699. The smallest absolute Gasteiger partial charge is 0.242 e. The second kappa shape index (κ2) is 11.0. The zero-order chi connectivity index (χ0) is 22.2. The van der Waals surface area contributed by atoms with Crippen molar-refractivity contribution in [3.8, 4) is 0 Å². The first-order chi connectivity index (χ1) is 14.9. The molecule has 1 aromatic heterocycles. The number of rotatable bonds is 9. The SMILES string of the molecule is CC(C)C(=O)NC(Cc1c[nH]c2ccccc12)C(=O)NCCC(=O)NC1CCCCC1. The fourth-order valence-corrected chi connectivity index (χ4v) is 4.04. The van der Waals surface area contributed by atoms with Crippen molar-refractivity contribution in [1.82, 2.24) is 20.9 Å². The number of H-pyrrole nitrogens is 1. The summed E-state index contributed by atoms with van der Waals surface area (Å²) in [6, 6.07) is 7.44. The molecular weight excluding hydrogens is 392 g/mol. The predicted octanol–water partition coefficient (Wildman–Crippen LogP) is 2.81. The molecule has 3 rings (SSSR count). The van der Waals surface area contributed by atoms with Crippen LogP contribution in [-0.2, 0) is 20.8 Å². The lowest BCUT2D eigenvalue weighted by molar-refractivity contribution is -0.130. The molecule has 3 amide bonds. The summed E-state index contributed by atoms with van der Waals surface area (Å²) in [4.78, 5) is 40.6. The number of para-hydroxylation sites is 1. The molecule has 1 aliphatic carbocycles. The molecule has 1 atom stereocenters. The number of carbonyl (C=O) groups excluding carboxylic acids is 3. The highest BCUT2D eigenvalue weighted by atomic mass is 16.2. The van der Waals surface area contributed by atoms with Crippen LogP contribution in [0.15, 0.2) is 30.5 Å². The normalized spacial score (nSPS) is 15.6. The van der Waals surface area contributed by atoms with Gasteiger partial charge >= 0.3 is 0 Å². The van der Waals surface area contributed by atoms with Gasteiger partial charge in [0.2, 0.25) is 17.7 Å². The molecule has 1 saturated carbocycles. The van der Waals surface area contributed by atoms with Crippen LogP contribution in [0, 0.1) is 5.92 Å². The predicted molar refractivity (Wildman–Crippen MR) is 121 cm³/mol. The van der Waals surface area contributed by atoms with E-state index in [4.69, 9.17) is 0 Å². The number of benzene rings is 1. The van der Waals surface area contributed by atoms with Crippen LogP contribution in [-0.4, -0.2) is 41.3 Å². The maximum atomic E-state index is 12.9. The van der Waals surface area contributed by atoms with Crippen molar-refractivity contribution in [2.24, 2.45) is 5.92 Å². The zero-order valence-corrected chi connectivity index (χ0v) is 18.5. The van der Waals surface area contributed by atoms with E-state index in [9.17, 15) is 14.4 Å². The third kappa shape index (κ3) is 6.57. The van der Waals surface area contributed by atoms with Crippen LogP contribution in [0.5, 0.6) is 0 Å². The molecule has 1 aromatic carbocycles. The molecule has 0 radical (unpaired) electrons. The van der Waals surface area contributed by atoms with Crippen molar-refractivity contribution in [3.63, 3.8) is 0 Å². The standard InChI is InChI=1S/C24H34N4O3/c1-16(2)23(30)28-21(14-17-15-26-20-11-7-6-10-19(17)20)24(31)25-13-12-22(29)27-18-8-4-3-5-9-18/h6-7,10-11,15-16,18,21,26H,3-5,8-9,12-14H2,1-2H3,(H,25,31)(H,27,29)(H,28,30). The number of aromatic nitrogens is 1. The number of hydrogen-bond donors (Lipinski definition) is 4. The van der Waals surface area contributed by atoms with Gasteiger partial charge in [-0.25, -0.2) is 0 Å². The Balaban J connectivity index is 1.57. The highest BCUT2D eigenvalue weighted by molar-refractivity contribution is 5.90. The minimum Gasteiger partial charge on any atom is -0.361 e. The van der Waals surface area contributed by atoms with Gasteiger partial charge in [0.1, 0.15) is 6.04 Å². The van der Waals surface area contributed by atoms with Gasteiger partial charge < -0.3 is 20.9 Å². The molecule has 7 heteroatoms. The van der Waals surface area contributed by atoms with Crippen molar-refractivity contribution in [1.29, 1.82) is 0 Å². The third-order valence-corrected chi connectivity index (χ3v) is 5.88. The molecule has 1 unspecified atom stereocenters. The molecule has 168 valence electrons. The quantitative estimate of drug-likeness (QED) is 0.496. The van der Waals surface area contributed by atoms with Crippen molar-refractivity contribution in [2.75, 3.05) is 6.54 Å². The Kier molecular flexibility index (Phi) is 8.09. The lowest BCUT2D eigenvalue weighted by Crippen LogP contribution is -2.49. The fraction of sp³-hybridized carbons (Fsp3) is 0.542. The highest BCUT2D eigenvalue weighted by Crippen LogP contribution is 2.19. The highest BCUT2D eigenvalue weighted by Gasteiger charge is 2.24. The molecule has 31 heavy (non-hydrogen) atoms. The monoisotopic (exact) mass is 426 g/mol. The molecule has 1 fully saturated rings. The summed E-state index contributed by atoms with van der Waals surface area (Å²) in [5, 5.41) is 9.78. The van der Waals surface area contributed by atoms with Crippen LogP contribution in [0.2, 0.25) is 0 Å². The van der Waals surface area contributed by atoms with E-state index in [1.165, 1.54) is 6.42 Å². The number of fused-ring (bicyclic) bond motifs is 1. The topological polar surface area (TPSA) is 103 Å². The summed E-state index contributed by atoms with van der Waals surface area (Å²) in [5.41, 5.74) is 1.96. The maximum Gasteiger partial charge on any atom is 0.242 e. The van der Waals surface area contributed by atoms with Gasteiger partial charge in [-0.3, -0.25) is 14.4 Å². The van der Waals surface area contributed by atoms with Gasteiger partial charge in [-0.05, 0) is 24.5 Å². The summed E-state index contributed by atoms with van der Waals surface area (Å²) in [6.07, 6.45) is 8.12. The van der Waals surface area contributed by atoms with E-state index in [0.29, 0.717) is 6.42 Å². The maximum absolute atomic E-state index is 12.9. The Morgan fingerprint density at radius 3 is 2.55 bits per heavy atom. The van der Waals surface area contributed by atoms with Crippen molar-refractivity contribution in [3.05, 3.63) is 36.0 Å². The zero-order valence-electron chi connectivity index (χ0n) is 18.5. The lowest BCUT2D eigenvalue weighted by atomic mass is 9.95. The number of aromatic amines is 1. The molecular formula is C24H34N4O3. The average Bonchev–Trinajstić information content (AvgIpc) is 3.16. The van der Waals surface area contributed by atoms with Gasteiger partial charge in [0.15, 0.2) is 0 Å². The minimum absolute atomic E-state index is 0.0356. The summed E-state index contributed by atoms with van der Waals surface area (Å²) >= 11 is 0. The summed E-state index contributed by atoms with van der Waals surface area (Å²) in [5.74, 6) is -0.703. The van der Waals surface area contributed by atoms with Crippen LogP contribution in [0.4, 0.5) is 0 Å². The molecule has 0 spiro atoms. The van der Waals surface area contributed by atoms with Gasteiger partial charge in [-0.15, -0.1) is 0 Å². The molecule has 2 aromatic rings. The van der Waals surface area contributed by atoms with Gasteiger partial charge in [0.25, 0.3) is 0 Å². The van der Waals surface area contributed by atoms with E-state index >= 15 is 0 Å². The second-order valence-electron chi connectivity index (χ2n) is 8.72. The van der Waals surface area contributed by atoms with Gasteiger partial charge in [0, 0.05) is 48.4 Å². The fourth-order valence-electron chi connectivity index (χ4n) is 4.04. The number of nitrogens with one attached hydrogen (secondary N) is 4. The van der Waals surface area contributed by atoms with E-state index in [1.54, 1.807) is 13.8 Å². The van der Waals surface area contributed by atoms with Gasteiger partial charge in [-0.1, -0.05) is 51.3 Å². The average molecular weight is 427 g/mol. The third-order valence-electron chi connectivity index (χ3n) is 5.88. The number of carbonyl (C=O) groups is 3. The van der Waals surface area contributed by atoms with E-state index in [-0.39, 0.29) is 42.6 Å². The molecule has 4 N–H and O–H groups in total. The first kappa shape index (κ1) is 22.8. The Bertz CT molecular complexity index is 899. The van der Waals surface area contributed by atoms with E-state index in [1.807, 2.05) is 30.5 Å². The number of amides is 3. The molecule has 1 heterocycles. The molecule has 0 aliphatic heterocycles. The van der Waals surface area contributed by atoms with Crippen molar-refractivity contribution in [2.45, 2.75) is 70.9 Å². The first-order valence-corrected chi connectivity index (χ1v) is 11.4. The van der Waals surface area contributed by atoms with Crippen LogP contribution in [0.3, 0.4) is 0 Å². The van der Waals surface area contributed by atoms with Crippen molar-refractivity contribution >= 4 is 28.6 Å². The van der Waals surface area contributed by atoms with Crippen LogP contribution in [0.25, 0.3) is 10.9 Å². The van der Waals surface area contributed by atoms with Gasteiger partial charge in [0.05, 0.1) is 0 Å². The molecule has 7 nitrogen and oxygen atoms in total. The Morgan fingerprint density at radius 1 is 1.06 bits per heavy atom. The van der Waals surface area contributed by atoms with E-state index in [2.05, 4.69) is 20.9 Å². The lowest BCUT2D eigenvalue weighted by Gasteiger charge is -2.23. The second-order valence-corrected chi connectivity index (χ2v) is 8.72. The number of hydrogen-bond acceptors (Lipinski definition) is 3. The summed E-state index contributed by atoms with van der Waals surface area (Å²) in [6.45, 7) is 3.84. The van der Waals surface area contributed by atoms with Crippen molar-refractivity contribution < 1.29 is 14.4 Å². The van der Waals surface area contributed by atoms with Crippen LogP contribution in [0.1, 0.15) is 57.9 Å². The Hall–Kier alpha value is -2.83. The first-order valence-electron chi connectivity index (χ1n) is 11.4. The Morgan fingerprint density at radius 2 is 1.81 bits per heavy atom. The van der Waals surface area contributed by atoms with Crippen LogP contribution >= 0.6 is 0 Å². The largest absolute Gasteiger partial charge is 0.361 e. The molecule has 0 bridgehead atoms. The Labute approximate surface area is 183 Å².